The van der Waals surface area contributed by atoms with Crippen LogP contribution in [0.1, 0.15) is 28.9 Å². The van der Waals surface area contributed by atoms with Crippen LogP contribution in [0.2, 0.25) is 5.02 Å². The Balaban J connectivity index is 1.32. The van der Waals surface area contributed by atoms with Crippen LogP contribution in [0.4, 0.5) is 5.69 Å². The second kappa shape index (κ2) is 8.90. The van der Waals surface area contributed by atoms with Crippen LogP contribution in [-0.4, -0.2) is 41.3 Å². The maximum absolute atomic E-state index is 12.6. The normalized spacial score (nSPS) is 15.4. The van der Waals surface area contributed by atoms with E-state index in [1.807, 2.05) is 48.5 Å². The second-order valence-corrected chi connectivity index (χ2v) is 8.16. The van der Waals surface area contributed by atoms with Crippen LogP contribution in [0.15, 0.2) is 48.5 Å². The lowest BCUT2D eigenvalue weighted by atomic mass is 9.96. The number of nitrogens with one attached hydrogen (secondary N) is 2. The number of anilines is 1. The highest BCUT2D eigenvalue weighted by molar-refractivity contribution is 6.39. The van der Waals surface area contributed by atoms with Crippen molar-refractivity contribution in [2.24, 2.45) is 11.7 Å². The fraction of sp³-hybridized carbons (Fsp3) is 0.304. The van der Waals surface area contributed by atoms with Gasteiger partial charge in [0.05, 0.1) is 5.02 Å². The predicted molar refractivity (Wildman–Crippen MR) is 120 cm³/mol. The average Bonchev–Trinajstić information content (AvgIpc) is 3.10. The number of likely N-dealkylation sites (tertiary alicyclic amines) is 1. The van der Waals surface area contributed by atoms with Crippen LogP contribution < -0.4 is 11.1 Å². The Hall–Kier alpha value is -2.83. The molecule has 6 nitrogen and oxygen atoms in total. The molecule has 1 fully saturated rings. The maximum Gasteiger partial charge on any atom is 0.273 e. The number of nitrogens with two attached hydrogens (primary N) is 1. The molecular weight excluding hydrogens is 400 g/mol. The summed E-state index contributed by atoms with van der Waals surface area (Å²) in [6, 6.07) is 15.4. The third kappa shape index (κ3) is 4.50. The fourth-order valence-corrected chi connectivity index (χ4v) is 4.24. The van der Waals surface area contributed by atoms with Gasteiger partial charge in [0.15, 0.2) is 0 Å². The Morgan fingerprint density at radius 3 is 2.47 bits per heavy atom. The van der Waals surface area contributed by atoms with Crippen LogP contribution in [0.25, 0.3) is 10.9 Å². The Morgan fingerprint density at radius 1 is 1.10 bits per heavy atom. The number of fused-ring (bicyclic) bond motifs is 1. The molecule has 7 heteroatoms. The number of nitrogens with zero attached hydrogens (tertiary/aromatic N) is 1. The smallest absolute Gasteiger partial charge is 0.273 e. The van der Waals surface area contributed by atoms with E-state index in [0.29, 0.717) is 10.7 Å². The number of rotatable bonds is 6. The first-order valence-electron chi connectivity index (χ1n) is 10.2. The summed E-state index contributed by atoms with van der Waals surface area (Å²) in [5.41, 5.74) is 8.52. The number of halogens is 1. The standard InChI is InChI=1S/C23H25ClN4O2/c24-20-18-3-1-2-4-19(18)27-21(20)23(30)26-17-7-5-15(6-8-17)9-12-28-13-10-16(11-14-28)22(25)29/h1-8,16,27H,9-14H2,(H2,25,29)(H,26,30). The van der Waals surface area contributed by atoms with Gasteiger partial charge in [0.2, 0.25) is 5.91 Å². The molecule has 2 amide bonds. The number of carbonyl (C=O) groups is 2. The molecular formula is C23H25ClN4O2. The molecule has 156 valence electrons. The molecule has 0 aliphatic carbocycles. The van der Waals surface area contributed by atoms with E-state index in [9.17, 15) is 9.59 Å². The van der Waals surface area contributed by atoms with Crippen molar-refractivity contribution in [1.82, 2.24) is 9.88 Å². The summed E-state index contributed by atoms with van der Waals surface area (Å²) in [7, 11) is 0. The number of para-hydroxylation sites is 1. The summed E-state index contributed by atoms with van der Waals surface area (Å²) in [5.74, 6) is -0.419. The molecule has 2 heterocycles. The second-order valence-electron chi connectivity index (χ2n) is 7.78. The summed E-state index contributed by atoms with van der Waals surface area (Å²) in [4.78, 5) is 29.3. The van der Waals surface area contributed by atoms with E-state index in [1.54, 1.807) is 0 Å². The molecule has 0 bridgehead atoms. The third-order valence-corrected chi connectivity index (χ3v) is 6.18. The quantitative estimate of drug-likeness (QED) is 0.561. The van der Waals surface area contributed by atoms with Gasteiger partial charge in [-0.05, 0) is 56.1 Å². The van der Waals surface area contributed by atoms with Crippen LogP contribution in [0.5, 0.6) is 0 Å². The van der Waals surface area contributed by atoms with Gasteiger partial charge in [0.25, 0.3) is 5.91 Å². The predicted octanol–water partition coefficient (Wildman–Crippen LogP) is 3.81. The molecule has 4 N–H and O–H groups in total. The average molecular weight is 425 g/mol. The minimum Gasteiger partial charge on any atom is -0.369 e. The summed E-state index contributed by atoms with van der Waals surface area (Å²) in [6.45, 7) is 2.77. The number of piperidine rings is 1. The molecule has 0 spiro atoms. The molecule has 2 aromatic carbocycles. The van der Waals surface area contributed by atoms with Gasteiger partial charge in [-0.25, -0.2) is 0 Å². The molecule has 0 atom stereocenters. The Labute approximate surface area is 180 Å². The van der Waals surface area contributed by atoms with Gasteiger partial charge < -0.3 is 20.9 Å². The van der Waals surface area contributed by atoms with Crippen molar-refractivity contribution in [2.75, 3.05) is 25.0 Å². The van der Waals surface area contributed by atoms with Crippen molar-refractivity contribution in [2.45, 2.75) is 19.3 Å². The van der Waals surface area contributed by atoms with Crippen molar-refractivity contribution < 1.29 is 9.59 Å². The van der Waals surface area contributed by atoms with Gasteiger partial charge in [-0.2, -0.15) is 0 Å². The van der Waals surface area contributed by atoms with Crippen LogP contribution in [0.3, 0.4) is 0 Å². The zero-order valence-corrected chi connectivity index (χ0v) is 17.4. The Morgan fingerprint density at radius 2 is 1.80 bits per heavy atom. The number of hydrogen-bond donors (Lipinski definition) is 3. The van der Waals surface area contributed by atoms with Crippen LogP contribution in [-0.2, 0) is 11.2 Å². The molecule has 0 saturated carbocycles. The summed E-state index contributed by atoms with van der Waals surface area (Å²) in [5, 5.41) is 4.16. The number of primary amides is 1. The van der Waals surface area contributed by atoms with E-state index in [-0.39, 0.29) is 17.7 Å². The highest BCUT2D eigenvalue weighted by Gasteiger charge is 2.22. The molecule has 4 rings (SSSR count). The van der Waals surface area contributed by atoms with Crippen LogP contribution in [0, 0.1) is 5.92 Å². The first kappa shape index (κ1) is 20.4. The van der Waals surface area contributed by atoms with Crippen molar-refractivity contribution in [3.05, 3.63) is 64.8 Å². The number of hydrogen-bond acceptors (Lipinski definition) is 3. The van der Waals surface area contributed by atoms with E-state index < -0.39 is 0 Å². The molecule has 30 heavy (non-hydrogen) atoms. The van der Waals surface area contributed by atoms with Crippen LogP contribution >= 0.6 is 11.6 Å². The van der Waals surface area contributed by atoms with E-state index in [1.165, 1.54) is 5.56 Å². The zero-order valence-electron chi connectivity index (χ0n) is 16.7. The summed E-state index contributed by atoms with van der Waals surface area (Å²) in [6.07, 6.45) is 2.61. The van der Waals surface area contributed by atoms with E-state index in [2.05, 4.69) is 15.2 Å². The first-order valence-corrected chi connectivity index (χ1v) is 10.6. The van der Waals surface area contributed by atoms with E-state index in [0.717, 1.165) is 55.5 Å². The van der Waals surface area contributed by atoms with Gasteiger partial charge in [-0.1, -0.05) is 41.9 Å². The lowest BCUT2D eigenvalue weighted by molar-refractivity contribution is -0.123. The number of amides is 2. The number of benzene rings is 2. The number of H-pyrrole nitrogens is 1. The topological polar surface area (TPSA) is 91.2 Å². The SMILES string of the molecule is NC(=O)C1CCN(CCc2ccc(NC(=O)c3[nH]c4ccccc4c3Cl)cc2)CC1. The van der Waals surface area contributed by atoms with Crippen molar-refractivity contribution in [3.8, 4) is 0 Å². The highest BCUT2D eigenvalue weighted by atomic mass is 35.5. The lowest BCUT2D eigenvalue weighted by Crippen LogP contribution is -2.39. The lowest BCUT2D eigenvalue weighted by Gasteiger charge is -2.30. The van der Waals surface area contributed by atoms with Crippen molar-refractivity contribution in [3.63, 3.8) is 0 Å². The minimum absolute atomic E-state index is 0.0231. The molecule has 1 aliphatic rings. The molecule has 1 aliphatic heterocycles. The summed E-state index contributed by atoms with van der Waals surface area (Å²) >= 11 is 6.36. The van der Waals surface area contributed by atoms with E-state index >= 15 is 0 Å². The number of carbonyl (C=O) groups excluding carboxylic acids is 2. The molecule has 0 radical (unpaired) electrons. The number of aromatic nitrogens is 1. The van der Waals surface area contributed by atoms with Gasteiger partial charge in [-0.3, -0.25) is 9.59 Å². The Bertz CT molecular complexity index is 1050. The van der Waals surface area contributed by atoms with Gasteiger partial charge in [-0.15, -0.1) is 0 Å². The Kier molecular flexibility index (Phi) is 6.06. The fourth-order valence-electron chi connectivity index (χ4n) is 3.94. The van der Waals surface area contributed by atoms with Gasteiger partial charge >= 0.3 is 0 Å². The zero-order chi connectivity index (χ0) is 21.1. The maximum atomic E-state index is 12.6. The highest BCUT2D eigenvalue weighted by Crippen LogP contribution is 2.27. The van der Waals surface area contributed by atoms with Gasteiger partial charge in [0.1, 0.15) is 5.69 Å². The molecule has 1 aromatic heterocycles. The van der Waals surface area contributed by atoms with Crippen molar-refractivity contribution >= 4 is 40.0 Å². The molecule has 1 saturated heterocycles. The third-order valence-electron chi connectivity index (χ3n) is 5.79. The molecule has 0 unspecified atom stereocenters. The largest absolute Gasteiger partial charge is 0.369 e. The number of aromatic amines is 1. The van der Waals surface area contributed by atoms with E-state index in [4.69, 9.17) is 17.3 Å². The molecule has 3 aromatic rings. The first-order chi connectivity index (χ1) is 14.5. The minimum atomic E-state index is -0.263. The van der Waals surface area contributed by atoms with Gasteiger partial charge in [0, 0.05) is 29.1 Å². The van der Waals surface area contributed by atoms with Crippen molar-refractivity contribution in [1.29, 1.82) is 0 Å². The summed E-state index contributed by atoms with van der Waals surface area (Å²) < 4.78 is 0. The monoisotopic (exact) mass is 424 g/mol.